The van der Waals surface area contributed by atoms with Crippen LogP contribution in [0.15, 0.2) is 47.7 Å². The smallest absolute Gasteiger partial charge is 0.389 e. The van der Waals surface area contributed by atoms with Crippen molar-refractivity contribution in [1.29, 1.82) is 0 Å². The molecule has 202 valence electrons. The minimum atomic E-state index is -4.58. The number of nitrogens with zero attached hydrogens (tertiary/aromatic N) is 5. The van der Waals surface area contributed by atoms with Crippen LogP contribution in [0.3, 0.4) is 0 Å². The minimum Gasteiger partial charge on any atom is -0.389 e. The Morgan fingerprint density at radius 3 is 2.69 bits per heavy atom. The zero-order valence-electron chi connectivity index (χ0n) is 21.5. The fourth-order valence-electron chi connectivity index (χ4n) is 4.30. The number of carbonyl (C=O) groups excluding carboxylic acids is 1. The van der Waals surface area contributed by atoms with Crippen LogP contribution in [-0.4, -0.2) is 57.0 Å². The lowest BCUT2D eigenvalue weighted by Crippen LogP contribution is -2.33. The summed E-state index contributed by atoms with van der Waals surface area (Å²) in [5.74, 6) is 1.06. The molecule has 2 aliphatic rings. The van der Waals surface area contributed by atoms with Gasteiger partial charge in [0.2, 0.25) is 5.95 Å². The summed E-state index contributed by atoms with van der Waals surface area (Å²) in [6, 6.07) is 6.80. The molecule has 2 aromatic heterocycles. The van der Waals surface area contributed by atoms with E-state index in [-0.39, 0.29) is 12.2 Å². The zero-order valence-corrected chi connectivity index (χ0v) is 21.5. The summed E-state index contributed by atoms with van der Waals surface area (Å²) in [6.07, 6.45) is 0.00808. The second kappa shape index (κ2) is 9.77. The highest BCUT2D eigenvalue weighted by atomic mass is 19.4. The summed E-state index contributed by atoms with van der Waals surface area (Å²) >= 11 is 0. The van der Waals surface area contributed by atoms with Gasteiger partial charge in [0.15, 0.2) is 0 Å². The topological polar surface area (TPSA) is 116 Å². The molecule has 39 heavy (non-hydrogen) atoms. The third-order valence-corrected chi connectivity index (χ3v) is 6.22. The van der Waals surface area contributed by atoms with Crippen LogP contribution < -0.4 is 15.5 Å². The molecule has 0 spiro atoms. The fraction of sp³-hybridized carbons (Fsp3) is 0.296. The van der Waals surface area contributed by atoms with Crippen molar-refractivity contribution >= 4 is 40.8 Å². The van der Waals surface area contributed by atoms with E-state index in [1.807, 2.05) is 24.0 Å². The number of fused-ring (bicyclic) bond motifs is 3. The van der Waals surface area contributed by atoms with E-state index in [9.17, 15) is 23.1 Å². The molecule has 0 saturated heterocycles. The molecule has 1 amide bonds. The Morgan fingerprint density at radius 2 is 1.95 bits per heavy atom. The van der Waals surface area contributed by atoms with Gasteiger partial charge in [-0.1, -0.05) is 6.07 Å². The van der Waals surface area contributed by atoms with Crippen molar-refractivity contribution in [3.8, 4) is 0 Å². The average molecular weight is 538 g/mol. The number of aliphatic hydroxyl groups is 1. The Hall–Kier alpha value is -4.32. The van der Waals surface area contributed by atoms with Gasteiger partial charge in [0, 0.05) is 42.3 Å². The SMILES string of the molecule is Cc1ccc(NC(=O)c2cc(C(F)(F)F)ccn2)cc1C1=Cc2cnc(NCC(C)(C)O)nc2N2CCN=C12. The molecule has 3 aromatic rings. The number of aryl methyl sites for hydroxylation is 1. The Balaban J connectivity index is 1.45. The van der Waals surface area contributed by atoms with E-state index in [0.29, 0.717) is 30.5 Å². The van der Waals surface area contributed by atoms with E-state index >= 15 is 0 Å². The lowest BCUT2D eigenvalue weighted by atomic mass is 9.94. The lowest BCUT2D eigenvalue weighted by Gasteiger charge is -2.28. The second-order valence-electron chi connectivity index (χ2n) is 9.96. The van der Waals surface area contributed by atoms with Gasteiger partial charge in [-0.3, -0.25) is 14.8 Å². The average Bonchev–Trinajstić information content (AvgIpc) is 3.38. The Bertz CT molecular complexity index is 1510. The number of aliphatic imine (C=N–C) groups is 1. The van der Waals surface area contributed by atoms with Gasteiger partial charge in [0.1, 0.15) is 17.3 Å². The van der Waals surface area contributed by atoms with Gasteiger partial charge < -0.3 is 20.6 Å². The Labute approximate surface area is 222 Å². The number of amidine groups is 1. The van der Waals surface area contributed by atoms with Gasteiger partial charge in [-0.25, -0.2) is 4.98 Å². The monoisotopic (exact) mass is 537 g/mol. The summed E-state index contributed by atoms with van der Waals surface area (Å²) in [6.45, 7) is 6.77. The molecule has 2 aliphatic heterocycles. The van der Waals surface area contributed by atoms with Crippen molar-refractivity contribution in [2.75, 3.05) is 35.2 Å². The zero-order chi connectivity index (χ0) is 27.9. The number of halogens is 3. The number of anilines is 3. The largest absolute Gasteiger partial charge is 0.416 e. The lowest BCUT2D eigenvalue weighted by molar-refractivity contribution is -0.137. The van der Waals surface area contributed by atoms with E-state index in [1.165, 1.54) is 0 Å². The van der Waals surface area contributed by atoms with Gasteiger partial charge in [-0.2, -0.15) is 18.2 Å². The van der Waals surface area contributed by atoms with E-state index in [0.717, 1.165) is 46.4 Å². The molecule has 3 N–H and O–H groups in total. The summed E-state index contributed by atoms with van der Waals surface area (Å²) < 4.78 is 39.2. The van der Waals surface area contributed by atoms with E-state index in [2.05, 4.69) is 25.6 Å². The number of hydrogen-bond acceptors (Lipinski definition) is 8. The number of carbonyl (C=O) groups is 1. The second-order valence-corrected chi connectivity index (χ2v) is 9.96. The summed E-state index contributed by atoms with van der Waals surface area (Å²) in [7, 11) is 0. The van der Waals surface area contributed by atoms with Crippen molar-refractivity contribution < 1.29 is 23.1 Å². The number of amides is 1. The van der Waals surface area contributed by atoms with Crippen molar-refractivity contribution in [3.05, 3.63) is 70.7 Å². The molecule has 5 rings (SSSR count). The third-order valence-electron chi connectivity index (χ3n) is 6.22. The van der Waals surface area contributed by atoms with Crippen LogP contribution in [0.4, 0.5) is 30.6 Å². The first-order chi connectivity index (χ1) is 18.4. The van der Waals surface area contributed by atoms with E-state index < -0.39 is 23.2 Å². The number of hydrogen-bond donors (Lipinski definition) is 3. The summed E-state index contributed by atoms with van der Waals surface area (Å²) in [5.41, 5.74) is 1.49. The van der Waals surface area contributed by atoms with E-state index in [1.54, 1.807) is 32.2 Å². The van der Waals surface area contributed by atoms with Crippen molar-refractivity contribution in [1.82, 2.24) is 15.0 Å². The van der Waals surface area contributed by atoms with Crippen molar-refractivity contribution in [2.24, 2.45) is 4.99 Å². The first-order valence-corrected chi connectivity index (χ1v) is 12.2. The fourth-order valence-corrected chi connectivity index (χ4v) is 4.30. The maximum Gasteiger partial charge on any atom is 0.416 e. The molecular formula is C27H26F3N7O2. The molecule has 0 fully saturated rings. The van der Waals surface area contributed by atoms with Crippen LogP contribution in [0.2, 0.25) is 0 Å². The molecule has 0 bridgehead atoms. The van der Waals surface area contributed by atoms with Gasteiger partial charge >= 0.3 is 6.18 Å². The molecule has 4 heterocycles. The van der Waals surface area contributed by atoms with Gasteiger partial charge in [-0.15, -0.1) is 0 Å². The van der Waals surface area contributed by atoms with Crippen molar-refractivity contribution in [3.63, 3.8) is 0 Å². The Kier molecular flexibility index (Phi) is 6.59. The van der Waals surface area contributed by atoms with Gasteiger partial charge in [-0.05, 0) is 62.2 Å². The summed E-state index contributed by atoms with van der Waals surface area (Å²) in [5, 5.41) is 15.7. The van der Waals surface area contributed by atoms with Crippen LogP contribution in [0.1, 0.15) is 46.6 Å². The third kappa shape index (κ3) is 5.60. The van der Waals surface area contributed by atoms with Gasteiger partial charge in [0.25, 0.3) is 5.91 Å². The Morgan fingerprint density at radius 1 is 1.15 bits per heavy atom. The minimum absolute atomic E-state index is 0.279. The number of pyridine rings is 1. The van der Waals surface area contributed by atoms with E-state index in [4.69, 9.17) is 4.99 Å². The predicted molar refractivity (Wildman–Crippen MR) is 143 cm³/mol. The molecule has 0 saturated carbocycles. The summed E-state index contributed by atoms with van der Waals surface area (Å²) in [4.78, 5) is 32.3. The van der Waals surface area contributed by atoms with Crippen LogP contribution in [0.25, 0.3) is 11.6 Å². The highest BCUT2D eigenvalue weighted by molar-refractivity contribution is 6.36. The van der Waals surface area contributed by atoms with Crippen LogP contribution >= 0.6 is 0 Å². The van der Waals surface area contributed by atoms with Crippen LogP contribution in [0, 0.1) is 6.92 Å². The molecule has 0 unspecified atom stereocenters. The maximum atomic E-state index is 13.1. The first-order valence-electron chi connectivity index (χ1n) is 12.2. The van der Waals surface area contributed by atoms with Crippen LogP contribution in [-0.2, 0) is 6.18 Å². The number of benzene rings is 1. The highest BCUT2D eigenvalue weighted by Gasteiger charge is 2.32. The normalized spacial score (nSPS) is 14.8. The van der Waals surface area contributed by atoms with Gasteiger partial charge in [0.05, 0.1) is 17.7 Å². The standard InChI is InChI=1S/C27H26F3N7O2/c1-15-4-5-18(35-24(38)21-11-17(6-7-31-21)27(28,29)30)12-19(15)20-10-16-13-33-25(34-14-26(2,3)39)36-22(16)37-9-8-32-23(20)37/h4-7,10-13,39H,8-9,14H2,1-3H3,(H,35,38)(H,33,34,36). The number of aromatic nitrogens is 3. The van der Waals surface area contributed by atoms with Crippen LogP contribution in [0.5, 0.6) is 0 Å². The molecule has 12 heteroatoms. The maximum absolute atomic E-state index is 13.1. The molecule has 0 aliphatic carbocycles. The first kappa shape index (κ1) is 26.3. The quantitative estimate of drug-likeness (QED) is 0.427. The number of alkyl halides is 3. The molecule has 1 aromatic carbocycles. The molecular weight excluding hydrogens is 511 g/mol. The number of rotatable bonds is 6. The van der Waals surface area contributed by atoms with Crippen molar-refractivity contribution in [2.45, 2.75) is 32.5 Å². The molecule has 9 nitrogen and oxygen atoms in total. The molecule has 0 radical (unpaired) electrons. The molecule has 0 atom stereocenters. The predicted octanol–water partition coefficient (Wildman–Crippen LogP) is 4.41. The highest BCUT2D eigenvalue weighted by Crippen LogP contribution is 2.37. The number of nitrogens with one attached hydrogen (secondary N) is 2.